The first-order chi connectivity index (χ1) is 14.5. The van der Waals surface area contributed by atoms with Gasteiger partial charge in [0, 0.05) is 18.7 Å². The summed E-state index contributed by atoms with van der Waals surface area (Å²) in [6.07, 6.45) is 1.68. The van der Waals surface area contributed by atoms with Crippen molar-refractivity contribution in [2.24, 2.45) is 0 Å². The van der Waals surface area contributed by atoms with Crippen LogP contribution in [0.3, 0.4) is 0 Å². The maximum absolute atomic E-state index is 13.0. The van der Waals surface area contributed by atoms with Crippen molar-refractivity contribution in [3.05, 3.63) is 77.9 Å². The predicted octanol–water partition coefficient (Wildman–Crippen LogP) is 4.12. The van der Waals surface area contributed by atoms with Crippen molar-refractivity contribution in [2.75, 3.05) is 16.2 Å². The molecule has 1 N–H and O–H groups in total. The topological polar surface area (TPSA) is 75.7 Å². The van der Waals surface area contributed by atoms with Gasteiger partial charge in [0.05, 0.1) is 10.6 Å². The van der Waals surface area contributed by atoms with Crippen molar-refractivity contribution in [3.8, 4) is 11.5 Å². The Morgan fingerprint density at radius 2 is 1.50 bits per heavy atom. The lowest BCUT2D eigenvalue weighted by molar-refractivity contribution is -0.118. The van der Waals surface area contributed by atoms with Gasteiger partial charge >= 0.3 is 0 Å². The molecule has 7 heteroatoms. The summed E-state index contributed by atoms with van der Waals surface area (Å²) in [6.45, 7) is 0.626. The Hall–Kier alpha value is -3.32. The average molecular weight is 420 g/mol. The summed E-state index contributed by atoms with van der Waals surface area (Å²) in [7, 11) is -3.74. The number of amides is 1. The Balaban J connectivity index is 1.37. The first-order valence-electron chi connectivity index (χ1n) is 9.81. The number of nitrogens with zero attached hydrogens (tertiary/aromatic N) is 1. The van der Waals surface area contributed by atoms with E-state index in [1.165, 1.54) is 0 Å². The van der Waals surface area contributed by atoms with Crippen LogP contribution in [0, 0.1) is 0 Å². The van der Waals surface area contributed by atoms with Gasteiger partial charge in [0.25, 0.3) is 10.0 Å². The van der Waals surface area contributed by atoms with Gasteiger partial charge in [-0.1, -0.05) is 18.2 Å². The highest BCUT2D eigenvalue weighted by molar-refractivity contribution is 7.92. The van der Waals surface area contributed by atoms with E-state index in [9.17, 15) is 13.2 Å². The molecular formula is C23H20N2O4S. The van der Waals surface area contributed by atoms with Gasteiger partial charge in [-0.3, -0.25) is 9.52 Å². The highest BCUT2D eigenvalue weighted by Crippen LogP contribution is 2.38. The van der Waals surface area contributed by atoms with Crippen molar-refractivity contribution in [1.82, 2.24) is 0 Å². The quantitative estimate of drug-likeness (QED) is 0.674. The smallest absolute Gasteiger partial charge is 0.261 e. The third kappa shape index (κ3) is 3.41. The fraction of sp³-hybridized carbons (Fsp3) is 0.174. The zero-order valence-corrected chi connectivity index (χ0v) is 17.0. The summed E-state index contributed by atoms with van der Waals surface area (Å²) in [5.41, 5.74) is 3.22. The summed E-state index contributed by atoms with van der Waals surface area (Å²) >= 11 is 0. The molecule has 3 aromatic rings. The third-order valence-corrected chi connectivity index (χ3v) is 6.78. The molecule has 0 aliphatic carbocycles. The lowest BCUT2D eigenvalue weighted by Gasteiger charge is -2.25. The lowest BCUT2D eigenvalue weighted by atomic mass is 10.00. The zero-order valence-electron chi connectivity index (χ0n) is 16.2. The normalized spacial score (nSPS) is 15.1. The number of benzene rings is 3. The fourth-order valence-corrected chi connectivity index (χ4v) is 5.17. The summed E-state index contributed by atoms with van der Waals surface area (Å²) < 4.78 is 34.4. The zero-order chi connectivity index (χ0) is 20.7. The number of sulfonamides is 1. The van der Waals surface area contributed by atoms with Crippen LogP contribution in [-0.4, -0.2) is 20.9 Å². The second-order valence-electron chi connectivity index (χ2n) is 7.43. The second-order valence-corrected chi connectivity index (χ2v) is 9.11. The van der Waals surface area contributed by atoms with E-state index in [0.717, 1.165) is 16.8 Å². The maximum Gasteiger partial charge on any atom is 0.261 e. The monoisotopic (exact) mass is 420 g/mol. The van der Waals surface area contributed by atoms with Gasteiger partial charge in [-0.2, -0.15) is 0 Å². The van der Waals surface area contributed by atoms with Crippen LogP contribution in [0.2, 0.25) is 0 Å². The third-order valence-electron chi connectivity index (χ3n) is 5.42. The molecule has 0 saturated heterocycles. The van der Waals surface area contributed by atoms with Crippen molar-refractivity contribution in [3.63, 3.8) is 0 Å². The molecule has 0 fully saturated rings. The number of para-hydroxylation sites is 1. The molecule has 2 aliphatic rings. The number of ether oxygens (including phenoxy) is 1. The second kappa shape index (κ2) is 7.18. The SMILES string of the molecule is O=C1CCc2cc(S(=O)(=O)Nc3ccc(Oc4ccccc4)cc3)cc3c2N1CC3. The van der Waals surface area contributed by atoms with Crippen molar-refractivity contribution >= 4 is 27.3 Å². The van der Waals surface area contributed by atoms with Crippen LogP contribution in [-0.2, 0) is 27.7 Å². The highest BCUT2D eigenvalue weighted by Gasteiger charge is 2.32. The van der Waals surface area contributed by atoms with Gasteiger partial charge in [-0.25, -0.2) is 8.42 Å². The van der Waals surface area contributed by atoms with Gasteiger partial charge in [-0.05, 0) is 72.5 Å². The minimum absolute atomic E-state index is 0.118. The molecule has 1 amide bonds. The van der Waals surface area contributed by atoms with Crippen molar-refractivity contribution in [2.45, 2.75) is 24.2 Å². The Morgan fingerprint density at radius 1 is 0.833 bits per heavy atom. The van der Waals surface area contributed by atoms with Gasteiger partial charge < -0.3 is 9.64 Å². The molecule has 6 nitrogen and oxygen atoms in total. The molecule has 5 rings (SSSR count). The van der Waals surface area contributed by atoms with E-state index in [1.54, 1.807) is 41.3 Å². The Morgan fingerprint density at radius 3 is 2.23 bits per heavy atom. The Labute approximate surface area is 175 Å². The van der Waals surface area contributed by atoms with Crippen LogP contribution in [0.15, 0.2) is 71.6 Å². The summed E-state index contributed by atoms with van der Waals surface area (Å²) in [5.74, 6) is 1.45. The van der Waals surface area contributed by atoms with Gasteiger partial charge in [0.15, 0.2) is 0 Å². The largest absolute Gasteiger partial charge is 0.457 e. The number of anilines is 2. The maximum atomic E-state index is 13.0. The van der Waals surface area contributed by atoms with E-state index in [2.05, 4.69) is 4.72 Å². The van der Waals surface area contributed by atoms with Crippen LogP contribution in [0.4, 0.5) is 11.4 Å². The van der Waals surface area contributed by atoms with E-state index in [0.29, 0.717) is 43.0 Å². The summed E-state index contributed by atoms with van der Waals surface area (Å²) in [6, 6.07) is 19.6. The minimum atomic E-state index is -3.74. The van der Waals surface area contributed by atoms with Crippen LogP contribution >= 0.6 is 0 Å². The number of hydrogen-bond acceptors (Lipinski definition) is 4. The van der Waals surface area contributed by atoms with E-state index < -0.39 is 10.0 Å². The van der Waals surface area contributed by atoms with Crippen LogP contribution in [0.5, 0.6) is 11.5 Å². The first-order valence-corrected chi connectivity index (χ1v) is 11.3. The van der Waals surface area contributed by atoms with Gasteiger partial charge in [-0.15, -0.1) is 0 Å². The molecule has 0 spiro atoms. The number of aryl methyl sites for hydroxylation is 1. The number of rotatable bonds is 5. The van der Waals surface area contributed by atoms with Crippen molar-refractivity contribution in [1.29, 1.82) is 0 Å². The standard InChI is InChI=1S/C23H20N2O4S/c26-22-11-6-16-14-21(15-17-12-13-25(22)23(16)17)30(27,28)24-18-7-9-20(10-8-18)29-19-4-2-1-3-5-19/h1-5,7-10,14-15,24H,6,11-13H2. The van der Waals surface area contributed by atoms with E-state index in [4.69, 9.17) is 4.74 Å². The van der Waals surface area contributed by atoms with Crippen LogP contribution in [0.1, 0.15) is 17.5 Å². The molecule has 3 aromatic carbocycles. The van der Waals surface area contributed by atoms with E-state index >= 15 is 0 Å². The first kappa shape index (κ1) is 18.7. The summed E-state index contributed by atoms with van der Waals surface area (Å²) in [4.78, 5) is 14.1. The van der Waals surface area contributed by atoms with Crippen molar-refractivity contribution < 1.29 is 17.9 Å². The molecule has 0 unspecified atom stereocenters. The molecule has 0 atom stereocenters. The van der Waals surface area contributed by atoms with Crippen LogP contribution in [0.25, 0.3) is 0 Å². The fourth-order valence-electron chi connectivity index (χ4n) is 4.01. The molecule has 2 aliphatic heterocycles. The number of nitrogens with one attached hydrogen (secondary N) is 1. The molecular weight excluding hydrogens is 400 g/mol. The predicted molar refractivity (Wildman–Crippen MR) is 115 cm³/mol. The number of carbonyl (C=O) groups is 1. The molecule has 0 bridgehead atoms. The van der Waals surface area contributed by atoms with Crippen LogP contribution < -0.4 is 14.4 Å². The van der Waals surface area contributed by atoms with Gasteiger partial charge in [0.2, 0.25) is 5.91 Å². The van der Waals surface area contributed by atoms with E-state index in [1.807, 2.05) is 30.3 Å². The highest BCUT2D eigenvalue weighted by atomic mass is 32.2. The summed E-state index contributed by atoms with van der Waals surface area (Å²) in [5, 5.41) is 0. The molecule has 0 radical (unpaired) electrons. The van der Waals surface area contributed by atoms with E-state index in [-0.39, 0.29) is 10.8 Å². The molecule has 0 saturated carbocycles. The Bertz CT molecular complexity index is 1220. The molecule has 30 heavy (non-hydrogen) atoms. The van der Waals surface area contributed by atoms with Gasteiger partial charge in [0.1, 0.15) is 11.5 Å². The average Bonchev–Trinajstić information content (AvgIpc) is 3.18. The molecule has 2 heterocycles. The lowest BCUT2D eigenvalue weighted by Crippen LogP contribution is -2.33. The number of hydrogen-bond donors (Lipinski definition) is 1. The molecule has 152 valence electrons. The minimum Gasteiger partial charge on any atom is -0.457 e. The number of carbonyl (C=O) groups excluding carboxylic acids is 1. The molecule has 0 aromatic heterocycles. The Kier molecular flexibility index (Phi) is 4.47.